The first kappa shape index (κ1) is 15.1. The molecule has 1 aromatic carbocycles. The van der Waals surface area contributed by atoms with E-state index in [4.69, 9.17) is 16.9 Å². The third kappa shape index (κ3) is 4.07. The number of hydrogen-bond acceptors (Lipinski definition) is 5. The molecule has 2 rings (SSSR count). The average molecular weight is 302 g/mol. The van der Waals surface area contributed by atoms with Gasteiger partial charge < -0.3 is 10.6 Å². The van der Waals surface area contributed by atoms with E-state index < -0.39 is 0 Å². The Bertz CT molecular complexity index is 678. The number of benzene rings is 1. The van der Waals surface area contributed by atoms with Crippen LogP contribution in [0, 0.1) is 18.3 Å². The number of nitrogens with zero attached hydrogens (tertiary/aromatic N) is 3. The molecule has 108 valence electrons. The summed E-state index contributed by atoms with van der Waals surface area (Å²) in [6.07, 6.45) is 1.00. The quantitative estimate of drug-likeness (QED) is 0.877. The fourth-order valence-electron chi connectivity index (χ4n) is 1.77. The summed E-state index contributed by atoms with van der Waals surface area (Å²) in [6.45, 7) is 4.81. The zero-order valence-electron chi connectivity index (χ0n) is 11.9. The van der Waals surface area contributed by atoms with Crippen LogP contribution < -0.4 is 10.6 Å². The van der Waals surface area contributed by atoms with Crippen LogP contribution in [-0.4, -0.2) is 16.5 Å². The zero-order valence-corrected chi connectivity index (χ0v) is 12.7. The fraction of sp³-hybridized carbons (Fsp3) is 0.267. The van der Waals surface area contributed by atoms with Gasteiger partial charge in [0.05, 0.1) is 22.3 Å². The Hall–Kier alpha value is -2.32. The maximum Gasteiger partial charge on any atom is 0.224 e. The van der Waals surface area contributed by atoms with Crippen LogP contribution in [0.25, 0.3) is 0 Å². The van der Waals surface area contributed by atoms with E-state index in [-0.39, 0.29) is 0 Å². The Morgan fingerprint density at radius 1 is 1.29 bits per heavy atom. The van der Waals surface area contributed by atoms with Crippen LogP contribution in [0.5, 0.6) is 0 Å². The summed E-state index contributed by atoms with van der Waals surface area (Å²) < 4.78 is 0. The second kappa shape index (κ2) is 6.91. The van der Waals surface area contributed by atoms with Crippen LogP contribution in [0.4, 0.5) is 17.5 Å². The van der Waals surface area contributed by atoms with E-state index in [1.54, 1.807) is 18.2 Å². The van der Waals surface area contributed by atoms with Crippen LogP contribution in [0.3, 0.4) is 0 Å². The van der Waals surface area contributed by atoms with Crippen LogP contribution in [-0.2, 0) is 0 Å². The zero-order chi connectivity index (χ0) is 15.2. The molecule has 0 bridgehead atoms. The lowest BCUT2D eigenvalue weighted by Gasteiger charge is -2.10. The molecule has 1 aromatic heterocycles. The lowest BCUT2D eigenvalue weighted by molar-refractivity contribution is 0.947. The maximum atomic E-state index is 8.84. The van der Waals surface area contributed by atoms with Gasteiger partial charge in [0.2, 0.25) is 5.95 Å². The first-order chi connectivity index (χ1) is 10.1. The molecule has 0 aliphatic carbocycles. The van der Waals surface area contributed by atoms with Gasteiger partial charge in [0, 0.05) is 18.3 Å². The van der Waals surface area contributed by atoms with Crippen molar-refractivity contribution in [2.24, 2.45) is 0 Å². The molecular weight excluding hydrogens is 286 g/mol. The second-order valence-electron chi connectivity index (χ2n) is 4.58. The van der Waals surface area contributed by atoms with E-state index in [9.17, 15) is 0 Å². The predicted octanol–water partition coefficient (Wildman–Crippen LogP) is 3.88. The average Bonchev–Trinajstić information content (AvgIpc) is 2.46. The Morgan fingerprint density at radius 3 is 2.76 bits per heavy atom. The summed E-state index contributed by atoms with van der Waals surface area (Å²) in [5.74, 6) is 1.25. The van der Waals surface area contributed by atoms with Crippen molar-refractivity contribution >= 4 is 29.1 Å². The molecule has 2 aromatic rings. The Kier molecular flexibility index (Phi) is 4.96. The predicted molar refractivity (Wildman–Crippen MR) is 85.0 cm³/mol. The molecule has 0 atom stereocenters. The third-order valence-electron chi connectivity index (χ3n) is 2.75. The molecule has 21 heavy (non-hydrogen) atoms. The standard InChI is InChI=1S/C15H16ClN5/c1-3-6-18-15-19-10(2)7-14(21-15)20-13-5-4-11(9-17)8-12(13)16/h4-5,7-8H,3,6H2,1-2H3,(H2,18,19,20,21). The van der Waals surface area contributed by atoms with E-state index in [0.29, 0.717) is 28.0 Å². The minimum atomic E-state index is 0.480. The van der Waals surface area contributed by atoms with Gasteiger partial charge in [-0.05, 0) is 31.5 Å². The maximum absolute atomic E-state index is 8.84. The highest BCUT2D eigenvalue weighted by molar-refractivity contribution is 6.33. The van der Waals surface area contributed by atoms with Gasteiger partial charge in [0.25, 0.3) is 0 Å². The van der Waals surface area contributed by atoms with Gasteiger partial charge in [0.1, 0.15) is 5.82 Å². The smallest absolute Gasteiger partial charge is 0.224 e. The fourth-order valence-corrected chi connectivity index (χ4v) is 2.00. The van der Waals surface area contributed by atoms with Crippen molar-refractivity contribution < 1.29 is 0 Å². The highest BCUT2D eigenvalue weighted by Gasteiger charge is 2.06. The number of anilines is 3. The van der Waals surface area contributed by atoms with Gasteiger partial charge >= 0.3 is 0 Å². The SMILES string of the molecule is CCCNc1nc(C)cc(Nc2ccc(C#N)cc2Cl)n1. The summed E-state index contributed by atoms with van der Waals surface area (Å²) >= 11 is 6.15. The minimum absolute atomic E-state index is 0.480. The molecule has 6 heteroatoms. The molecule has 0 aliphatic heterocycles. The van der Waals surface area contributed by atoms with Crippen molar-refractivity contribution in [2.45, 2.75) is 20.3 Å². The number of hydrogen-bond donors (Lipinski definition) is 2. The molecule has 0 fully saturated rings. The lowest BCUT2D eigenvalue weighted by Crippen LogP contribution is -2.07. The summed E-state index contributed by atoms with van der Waals surface area (Å²) in [5.41, 5.74) is 2.08. The van der Waals surface area contributed by atoms with Gasteiger partial charge in [-0.2, -0.15) is 10.2 Å². The number of rotatable bonds is 5. The molecule has 2 N–H and O–H groups in total. The van der Waals surface area contributed by atoms with Crippen molar-refractivity contribution in [2.75, 3.05) is 17.2 Å². The molecule has 0 amide bonds. The first-order valence-electron chi connectivity index (χ1n) is 6.68. The summed E-state index contributed by atoms with van der Waals surface area (Å²) in [6, 6.07) is 8.98. The van der Waals surface area contributed by atoms with Gasteiger partial charge in [-0.25, -0.2) is 4.98 Å². The molecule has 1 heterocycles. The van der Waals surface area contributed by atoms with E-state index in [2.05, 4.69) is 33.6 Å². The number of nitriles is 1. The molecule has 0 aliphatic rings. The molecule has 5 nitrogen and oxygen atoms in total. The van der Waals surface area contributed by atoms with Crippen LogP contribution in [0.2, 0.25) is 5.02 Å². The number of aromatic nitrogens is 2. The van der Waals surface area contributed by atoms with Crippen LogP contribution >= 0.6 is 11.6 Å². The van der Waals surface area contributed by atoms with E-state index >= 15 is 0 Å². The second-order valence-corrected chi connectivity index (χ2v) is 4.98. The Morgan fingerprint density at radius 2 is 2.10 bits per heavy atom. The highest BCUT2D eigenvalue weighted by Crippen LogP contribution is 2.26. The lowest BCUT2D eigenvalue weighted by atomic mass is 10.2. The first-order valence-corrected chi connectivity index (χ1v) is 7.06. The number of aryl methyl sites for hydroxylation is 1. The van der Waals surface area contributed by atoms with Gasteiger partial charge in [0.15, 0.2) is 0 Å². The van der Waals surface area contributed by atoms with E-state index in [1.165, 1.54) is 0 Å². The van der Waals surface area contributed by atoms with E-state index in [0.717, 1.165) is 18.7 Å². The molecule has 0 unspecified atom stereocenters. The normalized spacial score (nSPS) is 10.0. The minimum Gasteiger partial charge on any atom is -0.354 e. The van der Waals surface area contributed by atoms with Crippen molar-refractivity contribution in [3.63, 3.8) is 0 Å². The van der Waals surface area contributed by atoms with Crippen molar-refractivity contribution in [3.8, 4) is 6.07 Å². The number of nitrogens with one attached hydrogen (secondary N) is 2. The van der Waals surface area contributed by atoms with Gasteiger partial charge in [-0.1, -0.05) is 18.5 Å². The molecular formula is C15H16ClN5. The monoisotopic (exact) mass is 301 g/mol. The molecule has 0 radical (unpaired) electrons. The van der Waals surface area contributed by atoms with Crippen molar-refractivity contribution in [3.05, 3.63) is 40.5 Å². The molecule has 0 saturated carbocycles. The Balaban J connectivity index is 2.23. The van der Waals surface area contributed by atoms with Crippen molar-refractivity contribution in [1.82, 2.24) is 9.97 Å². The summed E-state index contributed by atoms with van der Waals surface area (Å²) in [4.78, 5) is 8.72. The highest BCUT2D eigenvalue weighted by atomic mass is 35.5. The Labute approximate surface area is 129 Å². The van der Waals surface area contributed by atoms with Crippen LogP contribution in [0.15, 0.2) is 24.3 Å². The molecule has 0 spiro atoms. The van der Waals surface area contributed by atoms with E-state index in [1.807, 2.05) is 13.0 Å². The molecule has 0 saturated heterocycles. The van der Waals surface area contributed by atoms with Crippen molar-refractivity contribution in [1.29, 1.82) is 5.26 Å². The summed E-state index contributed by atoms with van der Waals surface area (Å²) in [5, 5.41) is 15.6. The van der Waals surface area contributed by atoms with Gasteiger partial charge in [-0.15, -0.1) is 0 Å². The third-order valence-corrected chi connectivity index (χ3v) is 3.06. The van der Waals surface area contributed by atoms with Crippen LogP contribution in [0.1, 0.15) is 24.6 Å². The largest absolute Gasteiger partial charge is 0.354 e. The number of halogens is 1. The van der Waals surface area contributed by atoms with Gasteiger partial charge in [-0.3, -0.25) is 0 Å². The topological polar surface area (TPSA) is 73.6 Å². The summed E-state index contributed by atoms with van der Waals surface area (Å²) in [7, 11) is 0.